The second-order valence-corrected chi connectivity index (χ2v) is 2.27. The number of rotatable bonds is 2. The van der Waals surface area contributed by atoms with Crippen LogP contribution in [-0.4, -0.2) is 23.5 Å². The summed E-state index contributed by atoms with van der Waals surface area (Å²) in [5.41, 5.74) is 9.55. The van der Waals surface area contributed by atoms with Gasteiger partial charge in [-0.05, 0) is 5.92 Å². The summed E-state index contributed by atoms with van der Waals surface area (Å²) >= 11 is 0. The molecule has 0 aromatic rings. The first-order valence-corrected chi connectivity index (χ1v) is 3.16. The molecule has 5 heteroatoms. The fourth-order valence-electron chi connectivity index (χ4n) is 0.285. The molecule has 0 fully saturated rings. The average molecular weight is 161 g/mol. The minimum absolute atomic E-state index is 0.0208. The zero-order chi connectivity index (χ0) is 9.44. The molecule has 0 unspecified atom stereocenters. The van der Waals surface area contributed by atoms with E-state index in [2.05, 4.69) is 5.73 Å². The van der Waals surface area contributed by atoms with Gasteiger partial charge < -0.3 is 16.6 Å². The lowest BCUT2D eigenvalue weighted by Gasteiger charge is -2.07. The summed E-state index contributed by atoms with van der Waals surface area (Å²) in [6, 6.07) is -0.713. The van der Waals surface area contributed by atoms with Crippen LogP contribution < -0.4 is 11.5 Å². The molecule has 0 aromatic heterocycles. The van der Waals surface area contributed by atoms with Gasteiger partial charge in [0.05, 0.1) is 6.34 Å². The van der Waals surface area contributed by atoms with E-state index in [0.717, 1.165) is 6.34 Å². The van der Waals surface area contributed by atoms with Crippen molar-refractivity contribution in [2.75, 3.05) is 0 Å². The molecular formula is C6H15N3O2. The second-order valence-electron chi connectivity index (χ2n) is 2.27. The number of hydrogen-bond acceptors (Lipinski definition) is 3. The summed E-state index contributed by atoms with van der Waals surface area (Å²) < 4.78 is 0. The molecule has 0 spiro atoms. The number of nitrogens with two attached hydrogens (primary N) is 2. The summed E-state index contributed by atoms with van der Waals surface area (Å²) in [5.74, 6) is -0.910. The molecule has 0 heterocycles. The van der Waals surface area contributed by atoms with Crippen molar-refractivity contribution < 1.29 is 9.90 Å². The fraction of sp³-hybridized carbons (Fsp3) is 0.667. The minimum Gasteiger partial charge on any atom is -0.480 e. The summed E-state index contributed by atoms with van der Waals surface area (Å²) in [7, 11) is 0. The van der Waals surface area contributed by atoms with E-state index in [1.165, 1.54) is 0 Å². The molecule has 0 aliphatic heterocycles. The molecule has 0 aliphatic rings. The summed E-state index contributed by atoms with van der Waals surface area (Å²) in [5, 5.41) is 14.1. The third kappa shape index (κ3) is 8.90. The highest BCUT2D eigenvalue weighted by Gasteiger charge is 2.14. The Labute approximate surface area is 65.9 Å². The van der Waals surface area contributed by atoms with Gasteiger partial charge in [-0.3, -0.25) is 10.2 Å². The molecule has 0 amide bonds. The molecule has 0 aliphatic carbocycles. The van der Waals surface area contributed by atoms with E-state index in [-0.39, 0.29) is 5.92 Å². The first-order valence-electron chi connectivity index (χ1n) is 3.16. The van der Waals surface area contributed by atoms with E-state index in [1.807, 2.05) is 0 Å². The molecule has 0 rings (SSSR count). The Kier molecular flexibility index (Phi) is 8.01. The van der Waals surface area contributed by atoms with Crippen LogP contribution in [0.3, 0.4) is 0 Å². The quantitative estimate of drug-likeness (QED) is 0.326. The van der Waals surface area contributed by atoms with Crippen LogP contribution in [0.25, 0.3) is 0 Å². The topological polar surface area (TPSA) is 113 Å². The smallest absolute Gasteiger partial charge is 0.320 e. The molecule has 0 saturated heterocycles. The molecule has 0 saturated carbocycles. The Bertz CT molecular complexity index is 125. The van der Waals surface area contributed by atoms with Crippen molar-refractivity contribution >= 4 is 12.3 Å². The number of hydrogen-bond donors (Lipinski definition) is 4. The van der Waals surface area contributed by atoms with E-state index in [1.54, 1.807) is 13.8 Å². The van der Waals surface area contributed by atoms with Gasteiger partial charge in [-0.2, -0.15) is 0 Å². The summed E-state index contributed by atoms with van der Waals surface area (Å²) in [6.45, 7) is 3.55. The van der Waals surface area contributed by atoms with Crippen molar-refractivity contribution in [3.05, 3.63) is 0 Å². The van der Waals surface area contributed by atoms with Gasteiger partial charge in [-0.1, -0.05) is 13.8 Å². The largest absolute Gasteiger partial charge is 0.480 e. The maximum Gasteiger partial charge on any atom is 0.320 e. The molecule has 1 atom stereocenters. The zero-order valence-corrected chi connectivity index (χ0v) is 6.74. The van der Waals surface area contributed by atoms with Gasteiger partial charge in [0.2, 0.25) is 0 Å². The molecule has 0 radical (unpaired) electrons. The van der Waals surface area contributed by atoms with Crippen molar-refractivity contribution in [2.45, 2.75) is 19.9 Å². The maximum atomic E-state index is 10.0. The predicted octanol–water partition coefficient (Wildman–Crippen LogP) is -0.394. The molecule has 11 heavy (non-hydrogen) atoms. The van der Waals surface area contributed by atoms with Gasteiger partial charge in [0.15, 0.2) is 0 Å². The molecule has 66 valence electrons. The lowest BCUT2D eigenvalue weighted by atomic mass is 10.1. The van der Waals surface area contributed by atoms with Gasteiger partial charge in [-0.25, -0.2) is 0 Å². The third-order valence-electron chi connectivity index (χ3n) is 1.00. The highest BCUT2D eigenvalue weighted by atomic mass is 16.4. The molecule has 0 aromatic carbocycles. The molecule has 5 nitrogen and oxygen atoms in total. The van der Waals surface area contributed by atoms with Crippen LogP contribution in [0.5, 0.6) is 0 Å². The van der Waals surface area contributed by atoms with Crippen LogP contribution in [0.15, 0.2) is 0 Å². The third-order valence-corrected chi connectivity index (χ3v) is 1.00. The van der Waals surface area contributed by atoms with Gasteiger partial charge in [0, 0.05) is 0 Å². The van der Waals surface area contributed by atoms with Gasteiger partial charge in [0.25, 0.3) is 0 Å². The van der Waals surface area contributed by atoms with Crippen molar-refractivity contribution in [1.29, 1.82) is 5.41 Å². The lowest BCUT2D eigenvalue weighted by molar-refractivity contribution is -0.139. The van der Waals surface area contributed by atoms with Crippen LogP contribution in [0.4, 0.5) is 0 Å². The van der Waals surface area contributed by atoms with Gasteiger partial charge in [-0.15, -0.1) is 0 Å². The molecule has 6 N–H and O–H groups in total. The number of carboxylic acid groups (broad SMARTS) is 1. The zero-order valence-electron chi connectivity index (χ0n) is 6.74. The number of carboxylic acids is 1. The van der Waals surface area contributed by atoms with Crippen LogP contribution in [0.1, 0.15) is 13.8 Å². The van der Waals surface area contributed by atoms with Crippen LogP contribution in [0.2, 0.25) is 0 Å². The van der Waals surface area contributed by atoms with Crippen molar-refractivity contribution in [2.24, 2.45) is 17.4 Å². The first-order chi connectivity index (χ1) is 4.97. The number of nitrogens with one attached hydrogen (secondary N) is 1. The Hall–Kier alpha value is -1.10. The van der Waals surface area contributed by atoms with E-state index in [9.17, 15) is 4.79 Å². The van der Waals surface area contributed by atoms with Crippen molar-refractivity contribution in [1.82, 2.24) is 0 Å². The SMILES string of the molecule is CC(C)[C@H](N)C(=O)O.N=CN. The Morgan fingerprint density at radius 2 is 1.91 bits per heavy atom. The number of aliphatic carboxylic acids is 1. The Morgan fingerprint density at radius 3 is 1.91 bits per heavy atom. The van der Waals surface area contributed by atoms with Gasteiger partial charge >= 0.3 is 5.97 Å². The van der Waals surface area contributed by atoms with E-state index in [4.69, 9.17) is 16.2 Å². The fourth-order valence-corrected chi connectivity index (χ4v) is 0.285. The van der Waals surface area contributed by atoms with Crippen LogP contribution in [-0.2, 0) is 4.79 Å². The number of carbonyl (C=O) groups is 1. The second kappa shape index (κ2) is 7.01. The van der Waals surface area contributed by atoms with Crippen LogP contribution >= 0.6 is 0 Å². The molecular weight excluding hydrogens is 146 g/mol. The van der Waals surface area contributed by atoms with E-state index < -0.39 is 12.0 Å². The van der Waals surface area contributed by atoms with Crippen molar-refractivity contribution in [3.8, 4) is 0 Å². The summed E-state index contributed by atoms with van der Waals surface area (Å²) in [6.07, 6.45) is 0.750. The highest BCUT2D eigenvalue weighted by Crippen LogP contribution is 1.96. The predicted molar refractivity (Wildman–Crippen MR) is 43.4 cm³/mol. The monoisotopic (exact) mass is 161 g/mol. The first kappa shape index (κ1) is 12.6. The minimum atomic E-state index is -0.931. The Balaban J connectivity index is 0. The lowest BCUT2D eigenvalue weighted by Crippen LogP contribution is -2.34. The van der Waals surface area contributed by atoms with E-state index >= 15 is 0 Å². The average Bonchev–Trinajstić information content (AvgIpc) is 1.87. The summed E-state index contributed by atoms with van der Waals surface area (Å²) in [4.78, 5) is 10.0. The van der Waals surface area contributed by atoms with E-state index in [0.29, 0.717) is 0 Å². The Morgan fingerprint density at radius 1 is 1.64 bits per heavy atom. The molecule has 0 bridgehead atoms. The van der Waals surface area contributed by atoms with Gasteiger partial charge in [0.1, 0.15) is 6.04 Å². The highest BCUT2D eigenvalue weighted by molar-refractivity contribution is 5.73. The maximum absolute atomic E-state index is 10.0. The standard InChI is InChI=1S/C5H11NO2.CH4N2/c1-3(2)4(6)5(7)8;2-1-3/h3-4H,6H2,1-2H3,(H,7,8);1H,(H3,2,3)/t4-;/m0./s1. The normalized spacial score (nSPS) is 11.3. The van der Waals surface area contributed by atoms with Crippen LogP contribution in [0, 0.1) is 11.3 Å². The van der Waals surface area contributed by atoms with Crippen molar-refractivity contribution in [3.63, 3.8) is 0 Å².